The van der Waals surface area contributed by atoms with Gasteiger partial charge in [-0.15, -0.1) is 24.0 Å². The molecule has 180 valence electrons. The molecule has 32 heavy (non-hydrogen) atoms. The average molecular weight is 558 g/mol. The molecule has 1 heterocycles. The zero-order valence-electron chi connectivity index (χ0n) is 19.8. The van der Waals surface area contributed by atoms with Crippen molar-refractivity contribution in [1.29, 1.82) is 0 Å². The zero-order chi connectivity index (χ0) is 22.1. The van der Waals surface area contributed by atoms with Crippen LogP contribution in [0, 0.1) is 0 Å². The van der Waals surface area contributed by atoms with Gasteiger partial charge in [-0.3, -0.25) is 4.79 Å². The molecule has 1 saturated carbocycles. The number of amides is 1. The summed E-state index contributed by atoms with van der Waals surface area (Å²) in [6.45, 7) is 3.22. The lowest BCUT2D eigenvalue weighted by Crippen LogP contribution is -2.50. The van der Waals surface area contributed by atoms with Crippen molar-refractivity contribution in [2.45, 2.75) is 57.0 Å². The van der Waals surface area contributed by atoms with Gasteiger partial charge in [0, 0.05) is 45.8 Å². The lowest BCUT2D eigenvalue weighted by Gasteiger charge is -2.36. The van der Waals surface area contributed by atoms with E-state index in [-0.39, 0.29) is 36.4 Å². The Morgan fingerprint density at radius 3 is 2.38 bits per heavy atom. The highest BCUT2D eigenvalue weighted by atomic mass is 127. The minimum absolute atomic E-state index is 0. The van der Waals surface area contributed by atoms with Crippen molar-refractivity contribution in [3.63, 3.8) is 0 Å². The van der Waals surface area contributed by atoms with E-state index in [1.54, 1.807) is 26.1 Å². The highest BCUT2D eigenvalue weighted by molar-refractivity contribution is 14.0. The number of ether oxygens (including phenoxy) is 1. The van der Waals surface area contributed by atoms with Gasteiger partial charge in [-0.05, 0) is 49.8 Å². The number of hydrogen-bond donors (Lipinski definition) is 2. The van der Waals surface area contributed by atoms with Crippen LogP contribution in [0.15, 0.2) is 29.3 Å². The fraction of sp³-hybridized carbons (Fsp3) is 0.667. The van der Waals surface area contributed by atoms with E-state index in [1.807, 2.05) is 12.1 Å². The molecule has 1 saturated heterocycles. The Hall–Kier alpha value is -1.55. The normalized spacial score (nSPS) is 18.2. The second-order valence-electron chi connectivity index (χ2n) is 8.87. The summed E-state index contributed by atoms with van der Waals surface area (Å²) in [7, 11) is 5.21. The molecule has 3 rings (SSSR count). The van der Waals surface area contributed by atoms with Crippen LogP contribution in [0.3, 0.4) is 0 Å². The van der Waals surface area contributed by atoms with Crippen LogP contribution in [0.1, 0.15) is 44.1 Å². The Balaban J connectivity index is 0.00000363. The average Bonchev–Trinajstić information content (AvgIpc) is 3.33. The van der Waals surface area contributed by atoms with Crippen LogP contribution < -0.4 is 15.4 Å². The molecule has 0 aromatic heterocycles. The Bertz CT molecular complexity index is 712. The number of methoxy groups -OCH3 is 1. The van der Waals surface area contributed by atoms with Crippen molar-refractivity contribution < 1.29 is 9.53 Å². The third kappa shape index (κ3) is 8.42. The van der Waals surface area contributed by atoms with Gasteiger partial charge in [-0.1, -0.05) is 25.0 Å². The van der Waals surface area contributed by atoms with E-state index in [1.165, 1.54) is 31.2 Å². The SMILES string of the molecule is COc1ccc(CCNC(=NCC(=O)N(C)C)NC2CCN(C3CCCC3)CC2)cc1.I. The summed E-state index contributed by atoms with van der Waals surface area (Å²) in [6, 6.07) is 9.33. The minimum Gasteiger partial charge on any atom is -0.497 e. The van der Waals surface area contributed by atoms with E-state index in [0.29, 0.717) is 6.04 Å². The minimum atomic E-state index is 0. The molecule has 1 aliphatic heterocycles. The molecule has 8 heteroatoms. The molecule has 0 atom stereocenters. The molecule has 0 bridgehead atoms. The lowest BCUT2D eigenvalue weighted by molar-refractivity contribution is -0.127. The van der Waals surface area contributed by atoms with Gasteiger partial charge in [0.2, 0.25) is 5.91 Å². The van der Waals surface area contributed by atoms with E-state index < -0.39 is 0 Å². The number of halogens is 1. The highest BCUT2D eigenvalue weighted by Gasteiger charge is 2.27. The molecule has 2 N–H and O–H groups in total. The Morgan fingerprint density at radius 2 is 1.78 bits per heavy atom. The van der Waals surface area contributed by atoms with Crippen molar-refractivity contribution in [3.05, 3.63) is 29.8 Å². The highest BCUT2D eigenvalue weighted by Crippen LogP contribution is 2.26. The fourth-order valence-electron chi connectivity index (χ4n) is 4.43. The van der Waals surface area contributed by atoms with Crippen LogP contribution in [0.25, 0.3) is 0 Å². The smallest absolute Gasteiger partial charge is 0.243 e. The first-order valence-electron chi connectivity index (χ1n) is 11.7. The van der Waals surface area contributed by atoms with E-state index in [9.17, 15) is 4.79 Å². The predicted molar refractivity (Wildman–Crippen MR) is 141 cm³/mol. The van der Waals surface area contributed by atoms with E-state index in [0.717, 1.165) is 56.6 Å². The molecule has 7 nitrogen and oxygen atoms in total. The number of benzene rings is 1. The van der Waals surface area contributed by atoms with E-state index in [2.05, 4.69) is 32.7 Å². The van der Waals surface area contributed by atoms with Crippen molar-refractivity contribution in [1.82, 2.24) is 20.4 Å². The number of nitrogens with zero attached hydrogens (tertiary/aromatic N) is 3. The Kier molecular flexibility index (Phi) is 11.6. The molecule has 1 amide bonds. The maximum atomic E-state index is 12.0. The monoisotopic (exact) mass is 557 g/mol. The second kappa shape index (κ2) is 13.9. The molecular formula is C24H40IN5O2. The third-order valence-corrected chi connectivity index (χ3v) is 6.45. The quantitative estimate of drug-likeness (QED) is 0.293. The Labute approximate surface area is 210 Å². The molecule has 1 aliphatic carbocycles. The maximum absolute atomic E-state index is 12.0. The van der Waals surface area contributed by atoms with E-state index >= 15 is 0 Å². The molecule has 2 fully saturated rings. The van der Waals surface area contributed by atoms with Crippen LogP contribution in [-0.4, -0.2) is 81.1 Å². The fourth-order valence-corrected chi connectivity index (χ4v) is 4.43. The van der Waals surface area contributed by atoms with Crippen molar-refractivity contribution >= 4 is 35.8 Å². The zero-order valence-corrected chi connectivity index (χ0v) is 22.1. The van der Waals surface area contributed by atoms with Crippen molar-refractivity contribution in [2.75, 3.05) is 47.4 Å². The molecular weight excluding hydrogens is 517 g/mol. The lowest BCUT2D eigenvalue weighted by atomic mass is 10.0. The largest absolute Gasteiger partial charge is 0.497 e. The van der Waals surface area contributed by atoms with E-state index in [4.69, 9.17) is 4.74 Å². The summed E-state index contributed by atoms with van der Waals surface area (Å²) >= 11 is 0. The number of guanidine groups is 1. The van der Waals surface area contributed by atoms with Crippen LogP contribution in [0.4, 0.5) is 0 Å². The number of hydrogen-bond acceptors (Lipinski definition) is 4. The summed E-state index contributed by atoms with van der Waals surface area (Å²) < 4.78 is 5.23. The van der Waals surface area contributed by atoms with Crippen LogP contribution in [0.5, 0.6) is 5.75 Å². The summed E-state index contributed by atoms with van der Waals surface area (Å²) in [4.78, 5) is 20.9. The summed E-state index contributed by atoms with van der Waals surface area (Å²) in [6.07, 6.45) is 8.63. The number of rotatable bonds is 8. The summed E-state index contributed by atoms with van der Waals surface area (Å²) in [5.41, 5.74) is 1.24. The predicted octanol–water partition coefficient (Wildman–Crippen LogP) is 2.89. The van der Waals surface area contributed by atoms with Crippen LogP contribution >= 0.6 is 24.0 Å². The van der Waals surface area contributed by atoms with Gasteiger partial charge in [0.15, 0.2) is 5.96 Å². The van der Waals surface area contributed by atoms with Crippen molar-refractivity contribution in [3.8, 4) is 5.75 Å². The van der Waals surface area contributed by atoms with Gasteiger partial charge in [-0.25, -0.2) is 4.99 Å². The number of likely N-dealkylation sites (N-methyl/N-ethyl adjacent to an activating group) is 1. The molecule has 2 aliphatic rings. The molecule has 1 aromatic carbocycles. The first kappa shape index (κ1) is 26.7. The van der Waals surface area contributed by atoms with Gasteiger partial charge in [0.05, 0.1) is 7.11 Å². The topological polar surface area (TPSA) is 69.2 Å². The number of carbonyl (C=O) groups excluding carboxylic acids is 1. The first-order chi connectivity index (χ1) is 15.0. The van der Waals surface area contributed by atoms with Gasteiger partial charge < -0.3 is 25.2 Å². The third-order valence-electron chi connectivity index (χ3n) is 6.45. The summed E-state index contributed by atoms with van der Waals surface area (Å²) in [5, 5.41) is 7.02. The van der Waals surface area contributed by atoms with Gasteiger partial charge >= 0.3 is 0 Å². The number of nitrogens with one attached hydrogen (secondary N) is 2. The number of likely N-dealkylation sites (tertiary alicyclic amines) is 1. The van der Waals surface area contributed by atoms with Crippen LogP contribution in [-0.2, 0) is 11.2 Å². The number of aliphatic imine (C=N–C) groups is 1. The standard InChI is InChI=1S/C24H39N5O2.HI/c1-28(2)23(30)18-26-24(25-15-12-19-8-10-22(31-3)11-9-19)27-20-13-16-29(17-14-20)21-6-4-5-7-21;/h8-11,20-21H,4-7,12-18H2,1-3H3,(H2,25,26,27);1H. The van der Waals surface area contributed by atoms with Gasteiger partial charge in [0.25, 0.3) is 0 Å². The van der Waals surface area contributed by atoms with Gasteiger partial charge in [0.1, 0.15) is 12.3 Å². The Morgan fingerprint density at radius 1 is 1.12 bits per heavy atom. The molecule has 1 aromatic rings. The van der Waals surface area contributed by atoms with Crippen molar-refractivity contribution in [2.24, 2.45) is 4.99 Å². The first-order valence-corrected chi connectivity index (χ1v) is 11.7. The summed E-state index contributed by atoms with van der Waals surface area (Å²) in [5.74, 6) is 1.61. The molecule has 0 unspecified atom stereocenters. The second-order valence-corrected chi connectivity index (χ2v) is 8.87. The van der Waals surface area contributed by atoms with Crippen LogP contribution in [0.2, 0.25) is 0 Å². The maximum Gasteiger partial charge on any atom is 0.243 e. The molecule has 0 spiro atoms. The van der Waals surface area contributed by atoms with Gasteiger partial charge in [-0.2, -0.15) is 0 Å². The number of carbonyl (C=O) groups is 1. The number of piperidine rings is 1. The molecule has 0 radical (unpaired) electrons.